The number of nitrogens with one attached hydrogen (secondary N) is 1. The number of hydrogen-bond donors (Lipinski definition) is 1. The van der Waals surface area contributed by atoms with Crippen LogP contribution in [0.2, 0.25) is 0 Å². The van der Waals surface area contributed by atoms with Crippen LogP contribution in [0.1, 0.15) is 12.0 Å². The summed E-state index contributed by atoms with van der Waals surface area (Å²) in [6.45, 7) is 2.23. The largest absolute Gasteiger partial charge is 0.382 e. The molecule has 1 amide bonds. The van der Waals surface area contributed by atoms with Crippen molar-refractivity contribution >= 4 is 5.91 Å². The number of methoxy groups -OCH3 is 1. The van der Waals surface area contributed by atoms with Crippen LogP contribution in [0, 0.1) is 5.82 Å². The third-order valence-corrected chi connectivity index (χ3v) is 2.53. The van der Waals surface area contributed by atoms with Gasteiger partial charge in [-0.15, -0.1) is 0 Å². The highest BCUT2D eigenvalue weighted by Crippen LogP contribution is 2.06. The molecule has 1 aromatic rings. The Labute approximate surface area is 112 Å². The van der Waals surface area contributed by atoms with Gasteiger partial charge in [0.25, 0.3) is 0 Å². The lowest BCUT2D eigenvalue weighted by molar-refractivity contribution is -0.120. The first-order chi connectivity index (χ1) is 9.24. The molecule has 0 unspecified atom stereocenters. The smallest absolute Gasteiger partial charge is 0.224 e. The van der Waals surface area contributed by atoms with Crippen molar-refractivity contribution in [2.24, 2.45) is 0 Å². The van der Waals surface area contributed by atoms with E-state index in [1.807, 2.05) is 0 Å². The molecule has 5 heteroatoms. The van der Waals surface area contributed by atoms with Crippen LogP contribution in [0.15, 0.2) is 24.3 Å². The van der Waals surface area contributed by atoms with Crippen LogP contribution in [0.25, 0.3) is 0 Å². The standard InChI is InChI=1S/C14H20FNO3/c1-18-9-10-19-8-4-7-16-14(17)11-12-5-2-3-6-13(12)15/h2-3,5-6H,4,7-11H2,1H3,(H,16,17). The summed E-state index contributed by atoms with van der Waals surface area (Å²) >= 11 is 0. The summed E-state index contributed by atoms with van der Waals surface area (Å²) < 4.78 is 23.4. The van der Waals surface area contributed by atoms with Gasteiger partial charge in [0.1, 0.15) is 5.82 Å². The molecule has 0 bridgehead atoms. The molecule has 0 spiro atoms. The number of halogens is 1. The molecule has 19 heavy (non-hydrogen) atoms. The topological polar surface area (TPSA) is 47.6 Å². The number of rotatable bonds is 9. The van der Waals surface area contributed by atoms with Gasteiger partial charge in [-0.2, -0.15) is 0 Å². The number of amides is 1. The fourth-order valence-electron chi connectivity index (χ4n) is 1.52. The van der Waals surface area contributed by atoms with Gasteiger partial charge in [0.05, 0.1) is 19.6 Å². The van der Waals surface area contributed by atoms with E-state index in [1.54, 1.807) is 25.3 Å². The number of carbonyl (C=O) groups is 1. The van der Waals surface area contributed by atoms with Crippen LogP contribution >= 0.6 is 0 Å². The van der Waals surface area contributed by atoms with Crippen LogP contribution in [0.3, 0.4) is 0 Å². The maximum Gasteiger partial charge on any atom is 0.224 e. The van der Waals surface area contributed by atoms with Crippen molar-refractivity contribution in [1.29, 1.82) is 0 Å². The van der Waals surface area contributed by atoms with E-state index < -0.39 is 0 Å². The van der Waals surface area contributed by atoms with E-state index in [0.29, 0.717) is 31.9 Å². The third-order valence-electron chi connectivity index (χ3n) is 2.53. The number of carbonyl (C=O) groups excluding carboxylic acids is 1. The van der Waals surface area contributed by atoms with E-state index in [9.17, 15) is 9.18 Å². The molecule has 0 fully saturated rings. The van der Waals surface area contributed by atoms with Gasteiger partial charge in [-0.25, -0.2) is 4.39 Å². The highest BCUT2D eigenvalue weighted by molar-refractivity contribution is 5.78. The Morgan fingerprint density at radius 3 is 2.79 bits per heavy atom. The Morgan fingerprint density at radius 1 is 1.26 bits per heavy atom. The van der Waals surface area contributed by atoms with Crippen LogP contribution < -0.4 is 5.32 Å². The van der Waals surface area contributed by atoms with Gasteiger partial charge < -0.3 is 14.8 Å². The molecule has 0 aliphatic heterocycles. The minimum absolute atomic E-state index is 0.0667. The Hall–Kier alpha value is -1.46. The van der Waals surface area contributed by atoms with Crippen molar-refractivity contribution in [2.75, 3.05) is 33.5 Å². The molecule has 0 aromatic heterocycles. The highest BCUT2D eigenvalue weighted by atomic mass is 19.1. The first-order valence-electron chi connectivity index (χ1n) is 6.31. The molecule has 1 aromatic carbocycles. The van der Waals surface area contributed by atoms with Crippen molar-refractivity contribution in [1.82, 2.24) is 5.32 Å². The zero-order valence-electron chi connectivity index (χ0n) is 11.2. The molecular weight excluding hydrogens is 249 g/mol. The molecular formula is C14H20FNO3. The van der Waals surface area contributed by atoms with E-state index in [4.69, 9.17) is 9.47 Å². The van der Waals surface area contributed by atoms with Crippen molar-refractivity contribution in [3.05, 3.63) is 35.6 Å². The summed E-state index contributed by atoms with van der Waals surface area (Å²) in [5.74, 6) is -0.525. The van der Waals surface area contributed by atoms with Gasteiger partial charge in [0, 0.05) is 20.3 Å². The van der Waals surface area contributed by atoms with Crippen molar-refractivity contribution in [2.45, 2.75) is 12.8 Å². The summed E-state index contributed by atoms with van der Waals surface area (Å²) in [6.07, 6.45) is 0.796. The van der Waals surface area contributed by atoms with E-state index in [2.05, 4.69) is 5.32 Å². The minimum atomic E-state index is -0.347. The second-order valence-electron chi connectivity index (χ2n) is 4.08. The van der Waals surface area contributed by atoms with Gasteiger partial charge >= 0.3 is 0 Å². The molecule has 106 valence electrons. The lowest BCUT2D eigenvalue weighted by Gasteiger charge is -2.06. The fraction of sp³-hybridized carbons (Fsp3) is 0.500. The molecule has 1 N–H and O–H groups in total. The van der Waals surface area contributed by atoms with Crippen molar-refractivity contribution in [3.8, 4) is 0 Å². The van der Waals surface area contributed by atoms with Crippen LogP contribution in [-0.4, -0.2) is 39.4 Å². The SMILES string of the molecule is COCCOCCCNC(=O)Cc1ccccc1F. The van der Waals surface area contributed by atoms with E-state index >= 15 is 0 Å². The average Bonchev–Trinajstić information content (AvgIpc) is 2.40. The summed E-state index contributed by atoms with van der Waals surface area (Å²) in [4.78, 5) is 11.6. The first-order valence-corrected chi connectivity index (χ1v) is 6.31. The summed E-state index contributed by atoms with van der Waals surface area (Å²) in [7, 11) is 1.62. The lowest BCUT2D eigenvalue weighted by Crippen LogP contribution is -2.27. The molecule has 0 aliphatic carbocycles. The summed E-state index contributed by atoms with van der Waals surface area (Å²) in [5.41, 5.74) is 0.413. The molecule has 0 radical (unpaired) electrons. The van der Waals surface area contributed by atoms with E-state index in [-0.39, 0.29) is 18.1 Å². The zero-order valence-corrected chi connectivity index (χ0v) is 11.2. The molecule has 0 aliphatic rings. The van der Waals surface area contributed by atoms with E-state index in [0.717, 1.165) is 6.42 Å². The van der Waals surface area contributed by atoms with Crippen molar-refractivity contribution in [3.63, 3.8) is 0 Å². The molecule has 0 saturated carbocycles. The Bertz CT molecular complexity index is 385. The third kappa shape index (κ3) is 6.88. The second kappa shape index (κ2) is 9.47. The molecule has 0 heterocycles. The summed E-state index contributed by atoms with van der Waals surface area (Å²) in [5, 5.41) is 2.73. The number of hydrogen-bond acceptors (Lipinski definition) is 3. The predicted octanol–water partition coefficient (Wildman–Crippen LogP) is 1.54. The minimum Gasteiger partial charge on any atom is -0.382 e. The number of ether oxygens (including phenoxy) is 2. The Balaban J connectivity index is 2.10. The quantitative estimate of drug-likeness (QED) is 0.692. The fourth-order valence-corrected chi connectivity index (χ4v) is 1.52. The first kappa shape index (κ1) is 15.6. The van der Waals surface area contributed by atoms with Gasteiger partial charge in [-0.05, 0) is 18.1 Å². The van der Waals surface area contributed by atoms with Gasteiger partial charge in [-0.1, -0.05) is 18.2 Å². The normalized spacial score (nSPS) is 10.4. The monoisotopic (exact) mass is 269 g/mol. The van der Waals surface area contributed by atoms with Gasteiger partial charge in [-0.3, -0.25) is 4.79 Å². The summed E-state index contributed by atoms with van der Waals surface area (Å²) in [6, 6.07) is 6.29. The van der Waals surface area contributed by atoms with Crippen LogP contribution in [-0.2, 0) is 20.7 Å². The van der Waals surface area contributed by atoms with Crippen LogP contribution in [0.5, 0.6) is 0 Å². The van der Waals surface area contributed by atoms with E-state index in [1.165, 1.54) is 6.07 Å². The highest BCUT2D eigenvalue weighted by Gasteiger charge is 2.06. The maximum atomic E-state index is 13.3. The molecule has 0 atom stereocenters. The average molecular weight is 269 g/mol. The Morgan fingerprint density at radius 2 is 2.05 bits per heavy atom. The predicted molar refractivity (Wildman–Crippen MR) is 70.4 cm³/mol. The molecule has 4 nitrogen and oxygen atoms in total. The lowest BCUT2D eigenvalue weighted by atomic mass is 10.1. The zero-order chi connectivity index (χ0) is 13.9. The van der Waals surface area contributed by atoms with Crippen LogP contribution in [0.4, 0.5) is 4.39 Å². The molecule has 0 saturated heterocycles. The molecule has 1 rings (SSSR count). The number of benzene rings is 1. The van der Waals surface area contributed by atoms with Gasteiger partial charge in [0.2, 0.25) is 5.91 Å². The maximum absolute atomic E-state index is 13.3. The Kier molecular flexibility index (Phi) is 7.77. The van der Waals surface area contributed by atoms with Crippen molar-refractivity contribution < 1.29 is 18.7 Å². The second-order valence-corrected chi connectivity index (χ2v) is 4.08. The van der Waals surface area contributed by atoms with Gasteiger partial charge in [0.15, 0.2) is 0 Å².